The van der Waals surface area contributed by atoms with Crippen molar-refractivity contribution in [2.45, 2.75) is 12.5 Å². The van der Waals surface area contributed by atoms with Gasteiger partial charge in [-0.15, -0.1) is 0 Å². The molecule has 19 heavy (non-hydrogen) atoms. The van der Waals surface area contributed by atoms with E-state index in [1.54, 1.807) is 18.2 Å². The van der Waals surface area contributed by atoms with Gasteiger partial charge in [-0.3, -0.25) is 4.79 Å². The number of carboxylic acid groups (broad SMARTS) is 1. The van der Waals surface area contributed by atoms with E-state index in [0.717, 1.165) is 16.7 Å². The number of nitrogens with two attached hydrogens (primary N) is 1. The van der Waals surface area contributed by atoms with E-state index < -0.39 is 12.0 Å². The minimum absolute atomic E-state index is 0.217. The van der Waals surface area contributed by atoms with E-state index in [4.69, 9.17) is 10.8 Å². The van der Waals surface area contributed by atoms with E-state index in [1.165, 1.54) is 0 Å². The molecule has 0 unspecified atom stereocenters. The summed E-state index contributed by atoms with van der Waals surface area (Å²) in [5.41, 5.74) is 8.23. The molecule has 0 saturated carbocycles. The van der Waals surface area contributed by atoms with Crippen LogP contribution >= 0.6 is 0 Å². The van der Waals surface area contributed by atoms with Gasteiger partial charge in [0.25, 0.3) is 0 Å². The van der Waals surface area contributed by atoms with Crippen LogP contribution in [0.2, 0.25) is 0 Å². The molecule has 4 heteroatoms. The molecule has 98 valence electrons. The van der Waals surface area contributed by atoms with Crippen LogP contribution in [0.25, 0.3) is 11.1 Å². The zero-order valence-electron chi connectivity index (χ0n) is 10.3. The fraction of sp³-hybridized carbons (Fsp3) is 0.133. The van der Waals surface area contributed by atoms with Crippen molar-refractivity contribution in [3.63, 3.8) is 0 Å². The fourth-order valence-electron chi connectivity index (χ4n) is 1.86. The van der Waals surface area contributed by atoms with Crippen LogP contribution in [0.3, 0.4) is 0 Å². The summed E-state index contributed by atoms with van der Waals surface area (Å²) in [6, 6.07) is 13.6. The lowest BCUT2D eigenvalue weighted by Gasteiger charge is -2.08. The standard InChI is InChI=1S/C15H15NO3/c16-14(15(18)19)8-10-4-6-11(7-5-10)12-2-1-3-13(17)9-12/h1-7,9,14,17H,8,16H2,(H,18,19)/t14-/m0/s1. The third kappa shape index (κ3) is 3.33. The van der Waals surface area contributed by atoms with Crippen molar-refractivity contribution in [1.29, 1.82) is 0 Å². The Morgan fingerprint density at radius 1 is 1.11 bits per heavy atom. The van der Waals surface area contributed by atoms with Crippen LogP contribution in [0.1, 0.15) is 5.56 Å². The number of phenolic OH excluding ortho intramolecular Hbond substituents is 1. The highest BCUT2D eigenvalue weighted by Crippen LogP contribution is 2.23. The third-order valence-corrected chi connectivity index (χ3v) is 2.91. The topological polar surface area (TPSA) is 83.5 Å². The first-order valence-electron chi connectivity index (χ1n) is 5.93. The lowest BCUT2D eigenvalue weighted by Crippen LogP contribution is -2.32. The van der Waals surface area contributed by atoms with Gasteiger partial charge in [-0.05, 0) is 35.2 Å². The molecule has 0 heterocycles. The summed E-state index contributed by atoms with van der Waals surface area (Å²) >= 11 is 0. The van der Waals surface area contributed by atoms with Crippen LogP contribution in [-0.4, -0.2) is 22.2 Å². The Labute approximate surface area is 111 Å². The van der Waals surface area contributed by atoms with Gasteiger partial charge in [0.05, 0.1) is 0 Å². The Balaban J connectivity index is 2.17. The summed E-state index contributed by atoms with van der Waals surface area (Å²) < 4.78 is 0. The zero-order valence-corrected chi connectivity index (χ0v) is 10.3. The Morgan fingerprint density at radius 2 is 1.79 bits per heavy atom. The van der Waals surface area contributed by atoms with E-state index in [2.05, 4.69) is 0 Å². The van der Waals surface area contributed by atoms with Gasteiger partial charge in [0.2, 0.25) is 0 Å². The molecule has 0 aliphatic carbocycles. The van der Waals surface area contributed by atoms with Crippen molar-refractivity contribution in [2.75, 3.05) is 0 Å². The Hall–Kier alpha value is -2.33. The van der Waals surface area contributed by atoms with Gasteiger partial charge in [0, 0.05) is 0 Å². The highest BCUT2D eigenvalue weighted by Gasteiger charge is 2.11. The van der Waals surface area contributed by atoms with Crippen molar-refractivity contribution in [2.24, 2.45) is 5.73 Å². The maximum absolute atomic E-state index is 10.7. The third-order valence-electron chi connectivity index (χ3n) is 2.91. The first-order valence-corrected chi connectivity index (χ1v) is 5.93. The number of benzene rings is 2. The van der Waals surface area contributed by atoms with Crippen molar-refractivity contribution >= 4 is 5.97 Å². The van der Waals surface area contributed by atoms with Crippen LogP contribution < -0.4 is 5.73 Å². The van der Waals surface area contributed by atoms with E-state index >= 15 is 0 Å². The van der Waals surface area contributed by atoms with E-state index in [9.17, 15) is 9.90 Å². The van der Waals surface area contributed by atoms with Gasteiger partial charge >= 0.3 is 5.97 Å². The van der Waals surface area contributed by atoms with Gasteiger partial charge in [0.15, 0.2) is 0 Å². The van der Waals surface area contributed by atoms with Crippen LogP contribution in [0.15, 0.2) is 48.5 Å². The van der Waals surface area contributed by atoms with Crippen molar-refractivity contribution < 1.29 is 15.0 Å². The largest absolute Gasteiger partial charge is 0.508 e. The van der Waals surface area contributed by atoms with Gasteiger partial charge in [-0.2, -0.15) is 0 Å². The van der Waals surface area contributed by atoms with Crippen LogP contribution in [-0.2, 0) is 11.2 Å². The Morgan fingerprint density at radius 3 is 2.37 bits per heavy atom. The quantitative estimate of drug-likeness (QED) is 0.782. The second kappa shape index (κ2) is 5.54. The molecule has 4 N–H and O–H groups in total. The van der Waals surface area contributed by atoms with E-state index in [1.807, 2.05) is 30.3 Å². The molecule has 0 radical (unpaired) electrons. The minimum atomic E-state index is -1.00. The fourth-order valence-corrected chi connectivity index (χ4v) is 1.86. The monoisotopic (exact) mass is 257 g/mol. The molecule has 2 aromatic rings. The molecule has 1 atom stereocenters. The average molecular weight is 257 g/mol. The second-order valence-corrected chi connectivity index (χ2v) is 4.40. The molecule has 0 bridgehead atoms. The number of phenols is 1. The Bertz CT molecular complexity index is 578. The number of carboxylic acids is 1. The molecule has 0 aliphatic rings. The first kappa shape index (κ1) is 13.1. The van der Waals surface area contributed by atoms with Crippen molar-refractivity contribution in [1.82, 2.24) is 0 Å². The summed E-state index contributed by atoms with van der Waals surface area (Å²) in [5.74, 6) is -0.786. The number of hydrogen-bond acceptors (Lipinski definition) is 3. The summed E-state index contributed by atoms with van der Waals surface area (Å²) in [6.07, 6.45) is 0.301. The maximum Gasteiger partial charge on any atom is 0.320 e. The molecular formula is C15H15NO3. The maximum atomic E-state index is 10.7. The van der Waals surface area contributed by atoms with Gasteiger partial charge < -0.3 is 15.9 Å². The SMILES string of the molecule is N[C@@H](Cc1ccc(-c2cccc(O)c2)cc1)C(=O)O. The predicted molar refractivity (Wildman–Crippen MR) is 72.9 cm³/mol. The average Bonchev–Trinajstić information content (AvgIpc) is 2.39. The van der Waals surface area contributed by atoms with Crippen LogP contribution in [0.5, 0.6) is 5.75 Å². The summed E-state index contributed by atoms with van der Waals surface area (Å²) in [6.45, 7) is 0. The number of aromatic hydroxyl groups is 1. The first-order chi connectivity index (χ1) is 9.06. The van der Waals surface area contributed by atoms with Crippen LogP contribution in [0, 0.1) is 0 Å². The summed E-state index contributed by atoms with van der Waals surface area (Å²) in [5, 5.41) is 18.2. The number of rotatable bonds is 4. The second-order valence-electron chi connectivity index (χ2n) is 4.40. The summed E-state index contributed by atoms with van der Waals surface area (Å²) in [7, 11) is 0. The zero-order chi connectivity index (χ0) is 13.8. The molecule has 0 fully saturated rings. The molecule has 0 spiro atoms. The molecule has 2 rings (SSSR count). The smallest absolute Gasteiger partial charge is 0.320 e. The highest BCUT2D eigenvalue weighted by atomic mass is 16.4. The molecule has 0 amide bonds. The van der Waals surface area contributed by atoms with E-state index in [-0.39, 0.29) is 5.75 Å². The van der Waals surface area contributed by atoms with Gasteiger partial charge in [-0.1, -0.05) is 36.4 Å². The number of hydrogen-bond donors (Lipinski definition) is 3. The normalized spacial score (nSPS) is 12.1. The highest BCUT2D eigenvalue weighted by molar-refractivity contribution is 5.73. The predicted octanol–water partition coefficient (Wildman–Crippen LogP) is 2.01. The summed E-state index contributed by atoms with van der Waals surface area (Å²) in [4.78, 5) is 10.7. The number of aliphatic carboxylic acids is 1. The van der Waals surface area contributed by atoms with Gasteiger partial charge in [-0.25, -0.2) is 0 Å². The molecular weight excluding hydrogens is 242 g/mol. The van der Waals surface area contributed by atoms with Gasteiger partial charge in [0.1, 0.15) is 11.8 Å². The Kier molecular flexibility index (Phi) is 3.82. The lowest BCUT2D eigenvalue weighted by atomic mass is 10.0. The van der Waals surface area contributed by atoms with Crippen LogP contribution in [0.4, 0.5) is 0 Å². The molecule has 0 saturated heterocycles. The molecule has 2 aromatic carbocycles. The van der Waals surface area contributed by atoms with Crippen molar-refractivity contribution in [3.05, 3.63) is 54.1 Å². The molecule has 0 aromatic heterocycles. The van der Waals surface area contributed by atoms with Crippen molar-refractivity contribution in [3.8, 4) is 16.9 Å². The molecule has 4 nitrogen and oxygen atoms in total. The van der Waals surface area contributed by atoms with E-state index in [0.29, 0.717) is 6.42 Å². The lowest BCUT2D eigenvalue weighted by molar-refractivity contribution is -0.138. The number of carbonyl (C=O) groups is 1. The minimum Gasteiger partial charge on any atom is -0.508 e. The molecule has 0 aliphatic heterocycles.